The standard InChI is InChI=1S/C27H20O5/c1-17(28)32-27-21-16-10-9-15-20(21)26(31-2)22(24(29)18-11-5-3-6-12-18)23(27)25(30)19-13-7-4-8-14-19/h3-16H,1-2H3. The Morgan fingerprint density at radius 1 is 0.594 bits per heavy atom. The summed E-state index contributed by atoms with van der Waals surface area (Å²) in [5.74, 6) is -1.14. The topological polar surface area (TPSA) is 69.7 Å². The number of carbonyl (C=O) groups is 3. The summed E-state index contributed by atoms with van der Waals surface area (Å²) in [6.07, 6.45) is 0. The van der Waals surface area contributed by atoms with Crippen LogP contribution in [0.4, 0.5) is 0 Å². The third kappa shape index (κ3) is 3.76. The Morgan fingerprint density at radius 3 is 1.44 bits per heavy atom. The molecule has 0 aliphatic rings. The molecule has 158 valence electrons. The SMILES string of the molecule is COc1c(C(=O)c2ccccc2)c(C(=O)c2ccccc2)c(OC(C)=O)c2ccccc12. The second kappa shape index (κ2) is 8.86. The van der Waals surface area contributed by atoms with Crippen molar-refractivity contribution >= 4 is 28.3 Å². The van der Waals surface area contributed by atoms with Crippen molar-refractivity contribution in [3.63, 3.8) is 0 Å². The summed E-state index contributed by atoms with van der Waals surface area (Å²) < 4.78 is 11.2. The zero-order valence-electron chi connectivity index (χ0n) is 17.6. The zero-order valence-corrected chi connectivity index (χ0v) is 17.6. The fourth-order valence-corrected chi connectivity index (χ4v) is 3.74. The summed E-state index contributed by atoms with van der Waals surface area (Å²) in [4.78, 5) is 39.4. The quantitative estimate of drug-likeness (QED) is 0.241. The van der Waals surface area contributed by atoms with E-state index >= 15 is 0 Å². The zero-order chi connectivity index (χ0) is 22.7. The van der Waals surface area contributed by atoms with E-state index in [1.807, 2.05) is 0 Å². The van der Waals surface area contributed by atoms with Crippen LogP contribution in [0.3, 0.4) is 0 Å². The van der Waals surface area contributed by atoms with Gasteiger partial charge in [0.1, 0.15) is 5.75 Å². The van der Waals surface area contributed by atoms with Crippen LogP contribution in [-0.2, 0) is 4.79 Å². The highest BCUT2D eigenvalue weighted by atomic mass is 16.5. The van der Waals surface area contributed by atoms with Gasteiger partial charge in [-0.2, -0.15) is 0 Å². The van der Waals surface area contributed by atoms with Crippen LogP contribution in [0.5, 0.6) is 11.5 Å². The maximum atomic E-state index is 13.7. The van der Waals surface area contributed by atoms with Gasteiger partial charge in [0, 0.05) is 28.8 Å². The second-order valence-electron chi connectivity index (χ2n) is 7.14. The summed E-state index contributed by atoms with van der Waals surface area (Å²) in [5, 5.41) is 1.07. The number of hydrogen-bond donors (Lipinski definition) is 0. The van der Waals surface area contributed by atoms with Crippen molar-refractivity contribution < 1.29 is 23.9 Å². The molecule has 0 amide bonds. The van der Waals surface area contributed by atoms with E-state index in [1.165, 1.54) is 14.0 Å². The molecule has 32 heavy (non-hydrogen) atoms. The van der Waals surface area contributed by atoms with E-state index in [4.69, 9.17) is 9.47 Å². The number of carbonyl (C=O) groups excluding carboxylic acids is 3. The van der Waals surface area contributed by atoms with Crippen LogP contribution in [0.15, 0.2) is 84.9 Å². The van der Waals surface area contributed by atoms with Crippen molar-refractivity contribution in [2.45, 2.75) is 6.92 Å². The van der Waals surface area contributed by atoms with Crippen molar-refractivity contribution in [2.75, 3.05) is 7.11 Å². The van der Waals surface area contributed by atoms with Crippen LogP contribution < -0.4 is 9.47 Å². The van der Waals surface area contributed by atoms with Gasteiger partial charge in [0.05, 0.1) is 18.2 Å². The van der Waals surface area contributed by atoms with Crippen LogP contribution in [-0.4, -0.2) is 24.6 Å². The number of fused-ring (bicyclic) bond motifs is 1. The van der Waals surface area contributed by atoms with E-state index in [9.17, 15) is 14.4 Å². The Kier molecular flexibility index (Phi) is 5.81. The Bertz CT molecular complexity index is 1320. The van der Waals surface area contributed by atoms with Crippen LogP contribution in [0.25, 0.3) is 10.8 Å². The van der Waals surface area contributed by atoms with Gasteiger partial charge in [-0.1, -0.05) is 84.9 Å². The number of benzene rings is 4. The fraction of sp³-hybridized carbons (Fsp3) is 0.0741. The van der Waals surface area contributed by atoms with Crippen LogP contribution in [0.2, 0.25) is 0 Å². The summed E-state index contributed by atoms with van der Waals surface area (Å²) in [5.41, 5.74) is 0.802. The molecular weight excluding hydrogens is 404 g/mol. The highest BCUT2D eigenvalue weighted by molar-refractivity contribution is 6.25. The Labute approximate surface area is 185 Å². The average Bonchev–Trinajstić information content (AvgIpc) is 2.83. The van der Waals surface area contributed by atoms with E-state index in [0.717, 1.165) is 0 Å². The molecule has 0 aromatic heterocycles. The molecule has 0 aliphatic carbocycles. The third-order valence-corrected chi connectivity index (χ3v) is 5.10. The van der Waals surface area contributed by atoms with E-state index in [0.29, 0.717) is 21.9 Å². The molecule has 5 nitrogen and oxygen atoms in total. The molecule has 4 rings (SSSR count). The molecule has 0 saturated heterocycles. The molecule has 0 saturated carbocycles. The molecule has 0 heterocycles. The molecule has 4 aromatic rings. The largest absolute Gasteiger partial charge is 0.495 e. The Hall–Kier alpha value is -4.25. The molecule has 0 N–H and O–H groups in total. The first-order chi connectivity index (χ1) is 15.5. The van der Waals surface area contributed by atoms with Crippen molar-refractivity contribution in [1.82, 2.24) is 0 Å². The highest BCUT2D eigenvalue weighted by Gasteiger charge is 2.31. The van der Waals surface area contributed by atoms with Crippen LogP contribution >= 0.6 is 0 Å². The molecular formula is C27H20O5. The summed E-state index contributed by atoms with van der Waals surface area (Å²) in [6.45, 7) is 1.26. The minimum absolute atomic E-state index is 0.00389. The van der Waals surface area contributed by atoms with Crippen molar-refractivity contribution in [1.29, 1.82) is 0 Å². The number of hydrogen-bond acceptors (Lipinski definition) is 5. The molecule has 4 aromatic carbocycles. The molecule has 0 spiro atoms. The summed E-state index contributed by atoms with van der Waals surface area (Å²) >= 11 is 0. The van der Waals surface area contributed by atoms with Gasteiger partial charge in [0.25, 0.3) is 0 Å². The van der Waals surface area contributed by atoms with Gasteiger partial charge in [0.15, 0.2) is 17.3 Å². The van der Waals surface area contributed by atoms with Crippen LogP contribution in [0.1, 0.15) is 38.8 Å². The first-order valence-corrected chi connectivity index (χ1v) is 10.0. The lowest BCUT2D eigenvalue weighted by Gasteiger charge is -2.20. The number of esters is 1. The van der Waals surface area contributed by atoms with Crippen LogP contribution in [0, 0.1) is 0 Å². The second-order valence-corrected chi connectivity index (χ2v) is 7.14. The lowest BCUT2D eigenvalue weighted by atomic mass is 9.88. The van der Waals surface area contributed by atoms with Crippen molar-refractivity contribution in [3.05, 3.63) is 107 Å². The third-order valence-electron chi connectivity index (χ3n) is 5.10. The van der Waals surface area contributed by atoms with Gasteiger partial charge >= 0.3 is 5.97 Å². The molecule has 0 atom stereocenters. The normalized spacial score (nSPS) is 10.6. The first kappa shape index (κ1) is 21.0. The summed E-state index contributed by atoms with van der Waals surface area (Å²) in [6, 6.07) is 24.2. The predicted octanol–water partition coefficient (Wildman–Crippen LogP) is 5.24. The number of ketones is 2. The Morgan fingerprint density at radius 2 is 1.00 bits per heavy atom. The minimum atomic E-state index is -0.597. The monoisotopic (exact) mass is 424 g/mol. The molecule has 0 radical (unpaired) electrons. The van der Waals surface area contributed by atoms with Gasteiger partial charge in [-0.25, -0.2) is 0 Å². The summed E-state index contributed by atoms with van der Waals surface area (Å²) in [7, 11) is 1.45. The molecule has 0 fully saturated rings. The number of rotatable bonds is 6. The Balaban J connectivity index is 2.14. The van der Waals surface area contributed by atoms with Gasteiger partial charge in [-0.3, -0.25) is 14.4 Å². The number of ether oxygens (including phenoxy) is 2. The molecule has 0 aliphatic heterocycles. The maximum Gasteiger partial charge on any atom is 0.308 e. The molecule has 5 heteroatoms. The number of methoxy groups -OCH3 is 1. The molecule has 0 bridgehead atoms. The lowest BCUT2D eigenvalue weighted by molar-refractivity contribution is -0.131. The van der Waals surface area contributed by atoms with E-state index in [1.54, 1.807) is 84.9 Å². The smallest absolute Gasteiger partial charge is 0.308 e. The van der Waals surface area contributed by atoms with Gasteiger partial charge in [0.2, 0.25) is 0 Å². The maximum absolute atomic E-state index is 13.7. The highest BCUT2D eigenvalue weighted by Crippen LogP contribution is 2.43. The predicted molar refractivity (Wildman–Crippen MR) is 122 cm³/mol. The fourth-order valence-electron chi connectivity index (χ4n) is 3.74. The van der Waals surface area contributed by atoms with Crippen molar-refractivity contribution in [3.8, 4) is 11.5 Å². The van der Waals surface area contributed by atoms with E-state index in [-0.39, 0.29) is 22.6 Å². The minimum Gasteiger partial charge on any atom is -0.495 e. The molecule has 0 unspecified atom stereocenters. The van der Waals surface area contributed by atoms with Crippen molar-refractivity contribution in [2.24, 2.45) is 0 Å². The lowest BCUT2D eigenvalue weighted by Crippen LogP contribution is -2.17. The van der Waals surface area contributed by atoms with E-state index in [2.05, 4.69) is 0 Å². The van der Waals surface area contributed by atoms with Gasteiger partial charge in [-0.15, -0.1) is 0 Å². The van der Waals surface area contributed by atoms with Gasteiger partial charge in [-0.05, 0) is 0 Å². The van der Waals surface area contributed by atoms with Gasteiger partial charge < -0.3 is 9.47 Å². The average molecular weight is 424 g/mol. The van der Waals surface area contributed by atoms with E-state index < -0.39 is 17.5 Å². The first-order valence-electron chi connectivity index (χ1n) is 10.0.